The molecular formula is C33H43N3O4S. The van der Waals surface area contributed by atoms with Crippen LogP contribution in [-0.2, 0) is 26.2 Å². The highest BCUT2D eigenvalue weighted by Gasteiger charge is 2.32. The minimum absolute atomic E-state index is 0.0563. The van der Waals surface area contributed by atoms with Gasteiger partial charge in [-0.15, -0.1) is 0 Å². The quantitative estimate of drug-likeness (QED) is 0.288. The van der Waals surface area contributed by atoms with E-state index in [1.54, 1.807) is 43.3 Å². The summed E-state index contributed by atoms with van der Waals surface area (Å²) in [5, 5.41) is 2.96. The number of nitrogens with zero attached hydrogens (tertiary/aromatic N) is 2. The Morgan fingerprint density at radius 3 is 1.85 bits per heavy atom. The molecule has 0 fully saturated rings. The van der Waals surface area contributed by atoms with Gasteiger partial charge >= 0.3 is 0 Å². The van der Waals surface area contributed by atoms with Crippen LogP contribution in [0.4, 0.5) is 5.69 Å². The monoisotopic (exact) mass is 577 g/mol. The molecule has 0 aliphatic heterocycles. The Morgan fingerprint density at radius 2 is 1.34 bits per heavy atom. The van der Waals surface area contributed by atoms with Crippen molar-refractivity contribution >= 4 is 27.5 Å². The summed E-state index contributed by atoms with van der Waals surface area (Å²) < 4.78 is 29.1. The van der Waals surface area contributed by atoms with Gasteiger partial charge in [0.2, 0.25) is 11.8 Å². The highest BCUT2D eigenvalue weighted by Crippen LogP contribution is 2.27. The fourth-order valence-corrected chi connectivity index (χ4v) is 5.74. The minimum atomic E-state index is -4.09. The van der Waals surface area contributed by atoms with Crippen LogP contribution < -0.4 is 9.62 Å². The third-order valence-corrected chi connectivity index (χ3v) is 9.17. The van der Waals surface area contributed by atoms with Crippen LogP contribution >= 0.6 is 0 Å². The molecule has 2 atom stereocenters. The second kappa shape index (κ2) is 13.8. The lowest BCUT2D eigenvalue weighted by Gasteiger charge is -2.32. The summed E-state index contributed by atoms with van der Waals surface area (Å²) in [4.78, 5) is 28.8. The van der Waals surface area contributed by atoms with Gasteiger partial charge in [0.05, 0.1) is 10.6 Å². The topological polar surface area (TPSA) is 86.8 Å². The van der Waals surface area contributed by atoms with Gasteiger partial charge in [-0.3, -0.25) is 13.9 Å². The molecule has 0 aromatic heterocycles. The van der Waals surface area contributed by atoms with E-state index in [-0.39, 0.29) is 29.3 Å². The number of hydrogen-bond acceptors (Lipinski definition) is 4. The molecule has 1 N–H and O–H groups in total. The Kier molecular flexibility index (Phi) is 10.7. The van der Waals surface area contributed by atoms with Crippen molar-refractivity contribution in [3.8, 4) is 0 Å². The van der Waals surface area contributed by atoms with E-state index in [9.17, 15) is 18.0 Å². The highest BCUT2D eigenvalue weighted by molar-refractivity contribution is 7.92. The van der Waals surface area contributed by atoms with Gasteiger partial charge in [-0.25, -0.2) is 8.42 Å². The standard InChI is InChI=1S/C33H43N3O4S/c1-8-26(6)34-33(38)27(7)35(21-28-13-9-24(4)10-14-28)32(37)22-36(30-17-15-29(16-18-30)23(2)3)41(39,40)31-19-11-25(5)12-20-31/h9-20,23,26-27H,8,21-22H2,1-7H3,(H,34,38)/t26-,27+/m0/s1. The lowest BCUT2D eigenvalue weighted by Crippen LogP contribution is -2.52. The van der Waals surface area contributed by atoms with E-state index in [2.05, 4.69) is 19.2 Å². The number of amides is 2. The molecule has 0 aliphatic carbocycles. The molecule has 0 bridgehead atoms. The molecule has 3 aromatic carbocycles. The summed E-state index contributed by atoms with van der Waals surface area (Å²) in [6, 6.07) is 20.7. The Labute approximate surface area is 245 Å². The summed E-state index contributed by atoms with van der Waals surface area (Å²) in [6.45, 7) is 13.3. The maximum atomic E-state index is 14.0. The number of benzene rings is 3. The third kappa shape index (κ3) is 8.19. The second-order valence-electron chi connectivity index (χ2n) is 11.1. The molecule has 0 radical (unpaired) electrons. The van der Waals surface area contributed by atoms with E-state index in [0.717, 1.165) is 33.0 Å². The number of aryl methyl sites for hydroxylation is 2. The van der Waals surface area contributed by atoms with Crippen LogP contribution in [0.15, 0.2) is 77.7 Å². The molecule has 0 heterocycles. The number of hydrogen-bond donors (Lipinski definition) is 1. The maximum Gasteiger partial charge on any atom is 0.264 e. The van der Waals surface area contributed by atoms with Crippen molar-refractivity contribution in [3.63, 3.8) is 0 Å². The van der Waals surface area contributed by atoms with E-state index in [1.165, 1.54) is 4.90 Å². The molecule has 8 heteroatoms. The van der Waals surface area contributed by atoms with E-state index in [4.69, 9.17) is 0 Å². The van der Waals surface area contributed by atoms with Crippen LogP contribution in [0.3, 0.4) is 0 Å². The van der Waals surface area contributed by atoms with Crippen LogP contribution in [0, 0.1) is 13.8 Å². The van der Waals surface area contributed by atoms with Gasteiger partial charge in [-0.2, -0.15) is 0 Å². The molecule has 2 amide bonds. The average Bonchev–Trinajstić information content (AvgIpc) is 2.95. The smallest absolute Gasteiger partial charge is 0.264 e. The summed E-state index contributed by atoms with van der Waals surface area (Å²) in [7, 11) is -4.09. The Bertz CT molecular complexity index is 1420. The van der Waals surface area contributed by atoms with Crippen molar-refractivity contribution < 1.29 is 18.0 Å². The van der Waals surface area contributed by atoms with Crippen LogP contribution in [-0.4, -0.2) is 43.8 Å². The predicted molar refractivity (Wildman–Crippen MR) is 165 cm³/mol. The van der Waals surface area contributed by atoms with E-state index in [0.29, 0.717) is 5.69 Å². The van der Waals surface area contributed by atoms with Gasteiger partial charge in [0.25, 0.3) is 10.0 Å². The second-order valence-corrected chi connectivity index (χ2v) is 12.9. The Balaban J connectivity index is 2.03. The van der Waals surface area contributed by atoms with Crippen molar-refractivity contribution in [2.24, 2.45) is 0 Å². The Hall–Kier alpha value is -3.65. The van der Waals surface area contributed by atoms with Crippen molar-refractivity contribution in [1.82, 2.24) is 10.2 Å². The van der Waals surface area contributed by atoms with Gasteiger partial charge in [0.1, 0.15) is 12.6 Å². The molecule has 3 rings (SSSR count). The minimum Gasteiger partial charge on any atom is -0.352 e. The van der Waals surface area contributed by atoms with E-state index >= 15 is 0 Å². The number of nitrogens with one attached hydrogen (secondary N) is 1. The predicted octanol–water partition coefficient (Wildman–Crippen LogP) is 5.95. The van der Waals surface area contributed by atoms with Crippen LogP contribution in [0.25, 0.3) is 0 Å². The first-order valence-corrected chi connectivity index (χ1v) is 15.6. The number of sulfonamides is 1. The lowest BCUT2D eigenvalue weighted by molar-refractivity contribution is -0.139. The zero-order valence-electron chi connectivity index (χ0n) is 25.2. The van der Waals surface area contributed by atoms with Crippen LogP contribution in [0.2, 0.25) is 0 Å². The summed E-state index contributed by atoms with van der Waals surface area (Å²) in [5.41, 5.74) is 4.30. The molecule has 0 saturated heterocycles. The van der Waals surface area contributed by atoms with Gasteiger partial charge in [0.15, 0.2) is 0 Å². The largest absolute Gasteiger partial charge is 0.352 e. The lowest BCUT2D eigenvalue weighted by atomic mass is 10.0. The first-order chi connectivity index (χ1) is 19.3. The molecule has 41 heavy (non-hydrogen) atoms. The van der Waals surface area contributed by atoms with Crippen molar-refractivity contribution in [2.45, 2.75) is 84.3 Å². The van der Waals surface area contributed by atoms with E-state index < -0.39 is 28.5 Å². The first-order valence-electron chi connectivity index (χ1n) is 14.2. The molecule has 220 valence electrons. The molecule has 0 spiro atoms. The molecule has 0 unspecified atom stereocenters. The number of rotatable bonds is 12. The molecular weight excluding hydrogens is 534 g/mol. The molecule has 0 aliphatic rings. The van der Waals surface area contributed by atoms with Crippen molar-refractivity contribution in [3.05, 3.63) is 95.1 Å². The third-order valence-electron chi connectivity index (χ3n) is 7.38. The fraction of sp³-hybridized carbons (Fsp3) is 0.394. The fourth-order valence-electron chi connectivity index (χ4n) is 4.33. The zero-order chi connectivity index (χ0) is 30.3. The van der Waals surface area contributed by atoms with Gasteiger partial charge in [0, 0.05) is 12.6 Å². The number of carbonyl (C=O) groups excluding carboxylic acids is 2. The van der Waals surface area contributed by atoms with Crippen molar-refractivity contribution in [2.75, 3.05) is 10.8 Å². The van der Waals surface area contributed by atoms with Gasteiger partial charge in [-0.05, 0) is 75.4 Å². The zero-order valence-corrected chi connectivity index (χ0v) is 26.0. The number of anilines is 1. The first kappa shape index (κ1) is 31.9. The average molecular weight is 578 g/mol. The van der Waals surface area contributed by atoms with Gasteiger partial charge < -0.3 is 10.2 Å². The molecule has 0 saturated carbocycles. The summed E-state index contributed by atoms with van der Waals surface area (Å²) in [5.74, 6) is -0.488. The summed E-state index contributed by atoms with van der Waals surface area (Å²) in [6.07, 6.45) is 0.749. The molecule has 7 nitrogen and oxygen atoms in total. The van der Waals surface area contributed by atoms with Gasteiger partial charge in [-0.1, -0.05) is 80.4 Å². The van der Waals surface area contributed by atoms with E-state index in [1.807, 2.05) is 64.1 Å². The van der Waals surface area contributed by atoms with Crippen molar-refractivity contribution in [1.29, 1.82) is 0 Å². The highest BCUT2D eigenvalue weighted by atomic mass is 32.2. The Morgan fingerprint density at radius 1 is 0.805 bits per heavy atom. The normalized spacial score (nSPS) is 13.0. The molecule has 3 aromatic rings. The summed E-state index contributed by atoms with van der Waals surface area (Å²) >= 11 is 0. The van der Waals surface area contributed by atoms with Crippen LogP contribution in [0.1, 0.15) is 69.2 Å². The SMILES string of the molecule is CC[C@H](C)NC(=O)[C@@H](C)N(Cc1ccc(C)cc1)C(=O)CN(c1ccc(C(C)C)cc1)S(=O)(=O)c1ccc(C)cc1. The van der Waals surface area contributed by atoms with Crippen LogP contribution in [0.5, 0.6) is 0 Å². The maximum absolute atomic E-state index is 14.0. The number of carbonyl (C=O) groups is 2.